The first-order valence-corrected chi connectivity index (χ1v) is 7.76. The van der Waals surface area contributed by atoms with Crippen molar-refractivity contribution < 1.29 is 4.79 Å². The molecule has 0 bridgehead atoms. The van der Waals surface area contributed by atoms with Gasteiger partial charge in [-0.3, -0.25) is 9.48 Å². The summed E-state index contributed by atoms with van der Waals surface area (Å²) in [6, 6.07) is 8.29. The number of rotatable bonds is 5. The van der Waals surface area contributed by atoms with Gasteiger partial charge in [-0.15, -0.1) is 0 Å². The molecule has 2 aromatic rings. The second-order valence-electron chi connectivity index (χ2n) is 6.17. The lowest BCUT2D eigenvalue weighted by Crippen LogP contribution is -2.27. The average Bonchev–Trinajstić information content (AvgIpc) is 2.83. The molecule has 1 aromatic heterocycles. The summed E-state index contributed by atoms with van der Waals surface area (Å²) in [6.07, 6.45) is 0.840. The molecule has 0 atom stereocenters. The van der Waals surface area contributed by atoms with Gasteiger partial charge in [0.05, 0.1) is 5.69 Å². The van der Waals surface area contributed by atoms with Gasteiger partial charge >= 0.3 is 0 Å². The lowest BCUT2D eigenvalue weighted by atomic mass is 10.0. The number of nitrogens with zero attached hydrogens (tertiary/aromatic N) is 2. The first-order valence-electron chi connectivity index (χ1n) is 7.76. The summed E-state index contributed by atoms with van der Waals surface area (Å²) in [4.78, 5) is 12.3. The molecule has 2 rings (SSSR count). The van der Waals surface area contributed by atoms with Crippen molar-refractivity contribution in [3.8, 4) is 0 Å². The number of aryl methyl sites for hydroxylation is 3. The smallest absolute Gasteiger partial charge is 0.269 e. The van der Waals surface area contributed by atoms with Crippen molar-refractivity contribution in [2.75, 3.05) is 6.54 Å². The van der Waals surface area contributed by atoms with Crippen molar-refractivity contribution >= 4 is 5.91 Å². The maximum Gasteiger partial charge on any atom is 0.269 e. The Bertz CT molecular complexity index is 671. The van der Waals surface area contributed by atoms with Crippen LogP contribution in [0.25, 0.3) is 0 Å². The Balaban J connectivity index is 1.95. The van der Waals surface area contributed by atoms with Gasteiger partial charge in [0.25, 0.3) is 5.91 Å². The number of hydrogen-bond acceptors (Lipinski definition) is 2. The Morgan fingerprint density at radius 3 is 2.59 bits per heavy atom. The predicted molar refractivity (Wildman–Crippen MR) is 89.3 cm³/mol. The fraction of sp³-hybridized carbons (Fsp3) is 0.444. The van der Waals surface area contributed by atoms with Gasteiger partial charge < -0.3 is 5.32 Å². The fourth-order valence-corrected chi connectivity index (χ4v) is 2.51. The number of hydrogen-bond donors (Lipinski definition) is 1. The summed E-state index contributed by atoms with van der Waals surface area (Å²) in [5.74, 6) is 0.259. The molecule has 0 aliphatic heterocycles. The van der Waals surface area contributed by atoms with Crippen LogP contribution in [0.15, 0.2) is 24.3 Å². The highest BCUT2D eigenvalue weighted by molar-refractivity contribution is 5.92. The third-order valence-corrected chi connectivity index (χ3v) is 3.90. The monoisotopic (exact) mass is 299 g/mol. The van der Waals surface area contributed by atoms with Crippen LogP contribution < -0.4 is 5.32 Å². The second kappa shape index (κ2) is 6.77. The zero-order chi connectivity index (χ0) is 16.3. The third kappa shape index (κ3) is 3.75. The van der Waals surface area contributed by atoms with Crippen molar-refractivity contribution in [3.63, 3.8) is 0 Å². The van der Waals surface area contributed by atoms with Crippen LogP contribution in [0.4, 0.5) is 0 Å². The Morgan fingerprint density at radius 1 is 1.27 bits per heavy atom. The van der Waals surface area contributed by atoms with E-state index < -0.39 is 0 Å². The molecule has 0 aliphatic carbocycles. The minimum Gasteiger partial charge on any atom is -0.350 e. The van der Waals surface area contributed by atoms with E-state index in [9.17, 15) is 4.79 Å². The van der Waals surface area contributed by atoms with E-state index in [1.807, 2.05) is 13.1 Å². The zero-order valence-electron chi connectivity index (χ0n) is 14.1. The Hall–Kier alpha value is -2.10. The lowest BCUT2D eigenvalue weighted by Gasteiger charge is -2.08. The minimum atomic E-state index is -0.0633. The number of aromatic nitrogens is 2. The molecule has 0 fully saturated rings. The van der Waals surface area contributed by atoms with Crippen molar-refractivity contribution in [1.29, 1.82) is 0 Å². The Labute approximate surface area is 132 Å². The maximum atomic E-state index is 12.3. The summed E-state index contributed by atoms with van der Waals surface area (Å²) in [7, 11) is 1.81. The van der Waals surface area contributed by atoms with Crippen molar-refractivity contribution in [3.05, 3.63) is 52.3 Å². The van der Waals surface area contributed by atoms with Gasteiger partial charge in [0.2, 0.25) is 0 Å². The summed E-state index contributed by atoms with van der Waals surface area (Å²) in [6.45, 7) is 8.98. The van der Waals surface area contributed by atoms with E-state index in [0.29, 0.717) is 18.2 Å². The summed E-state index contributed by atoms with van der Waals surface area (Å²) in [5, 5.41) is 7.36. The molecule has 1 heterocycles. The third-order valence-electron chi connectivity index (χ3n) is 3.90. The normalized spacial score (nSPS) is 11.0. The van der Waals surface area contributed by atoms with Gasteiger partial charge in [-0.25, -0.2) is 0 Å². The first-order chi connectivity index (χ1) is 10.4. The number of amides is 1. The number of carbonyl (C=O) groups is 1. The summed E-state index contributed by atoms with van der Waals surface area (Å²) >= 11 is 0. The molecule has 0 saturated heterocycles. The van der Waals surface area contributed by atoms with E-state index >= 15 is 0 Å². The topological polar surface area (TPSA) is 46.9 Å². The van der Waals surface area contributed by atoms with E-state index in [4.69, 9.17) is 0 Å². The van der Waals surface area contributed by atoms with E-state index in [1.54, 1.807) is 4.68 Å². The van der Waals surface area contributed by atoms with Crippen LogP contribution in [-0.4, -0.2) is 22.2 Å². The van der Waals surface area contributed by atoms with E-state index in [0.717, 1.165) is 12.1 Å². The second-order valence-corrected chi connectivity index (χ2v) is 6.17. The van der Waals surface area contributed by atoms with Crippen molar-refractivity contribution in [1.82, 2.24) is 15.1 Å². The molecule has 22 heavy (non-hydrogen) atoms. The highest BCUT2D eigenvalue weighted by Gasteiger charge is 2.14. The van der Waals surface area contributed by atoms with Crippen LogP contribution in [-0.2, 0) is 13.5 Å². The largest absolute Gasteiger partial charge is 0.350 e. The molecule has 1 amide bonds. The molecule has 1 N–H and O–H groups in total. The molecule has 0 spiro atoms. The minimum absolute atomic E-state index is 0.0633. The molecule has 0 saturated carbocycles. The zero-order valence-corrected chi connectivity index (χ0v) is 14.1. The first kappa shape index (κ1) is 16.3. The van der Waals surface area contributed by atoms with Crippen LogP contribution in [0.2, 0.25) is 0 Å². The van der Waals surface area contributed by atoms with E-state index in [-0.39, 0.29) is 5.91 Å². The molecular weight excluding hydrogens is 274 g/mol. The molecular formula is C18H25N3O. The van der Waals surface area contributed by atoms with Crippen LogP contribution in [0.1, 0.15) is 52.6 Å². The maximum absolute atomic E-state index is 12.3. The molecule has 0 unspecified atom stereocenters. The molecule has 0 aliphatic rings. The summed E-state index contributed by atoms with van der Waals surface area (Å²) in [5.41, 5.74) is 5.38. The SMILES string of the molecule is Cc1ccc(CCNC(=O)c2cc(C(C)C)nn2C)c(C)c1. The molecule has 1 aromatic carbocycles. The number of benzene rings is 1. The Morgan fingerprint density at radius 2 is 2.00 bits per heavy atom. The van der Waals surface area contributed by atoms with E-state index in [2.05, 4.69) is 56.3 Å². The Kier molecular flexibility index (Phi) is 5.01. The predicted octanol–water partition coefficient (Wildman–Crippen LogP) is 3.13. The van der Waals surface area contributed by atoms with Gasteiger partial charge in [0.15, 0.2) is 0 Å². The number of nitrogens with one attached hydrogen (secondary N) is 1. The molecule has 4 heteroatoms. The van der Waals surface area contributed by atoms with Crippen molar-refractivity contribution in [2.45, 2.75) is 40.0 Å². The summed E-state index contributed by atoms with van der Waals surface area (Å²) < 4.78 is 1.65. The van der Waals surface area contributed by atoms with Crippen LogP contribution in [0, 0.1) is 13.8 Å². The van der Waals surface area contributed by atoms with Crippen LogP contribution in [0.3, 0.4) is 0 Å². The molecule has 0 radical (unpaired) electrons. The van der Waals surface area contributed by atoms with Gasteiger partial charge in [0, 0.05) is 13.6 Å². The van der Waals surface area contributed by atoms with Gasteiger partial charge in [-0.1, -0.05) is 37.6 Å². The van der Waals surface area contributed by atoms with Gasteiger partial charge in [-0.05, 0) is 43.4 Å². The number of carbonyl (C=O) groups excluding carboxylic acids is 1. The standard InChI is InChI=1S/C18H25N3O/c1-12(2)16-11-17(21(5)20-16)18(22)19-9-8-15-7-6-13(3)10-14(15)4/h6-7,10-12H,8-9H2,1-5H3,(H,19,22). The van der Waals surface area contributed by atoms with E-state index in [1.165, 1.54) is 16.7 Å². The average molecular weight is 299 g/mol. The fourth-order valence-electron chi connectivity index (χ4n) is 2.51. The van der Waals surface area contributed by atoms with Crippen LogP contribution >= 0.6 is 0 Å². The van der Waals surface area contributed by atoms with Gasteiger partial charge in [-0.2, -0.15) is 5.10 Å². The van der Waals surface area contributed by atoms with Crippen LogP contribution in [0.5, 0.6) is 0 Å². The quantitative estimate of drug-likeness (QED) is 0.922. The highest BCUT2D eigenvalue weighted by Crippen LogP contribution is 2.14. The molecule has 118 valence electrons. The van der Waals surface area contributed by atoms with Crippen molar-refractivity contribution in [2.24, 2.45) is 7.05 Å². The lowest BCUT2D eigenvalue weighted by molar-refractivity contribution is 0.0944. The highest BCUT2D eigenvalue weighted by atomic mass is 16.2. The molecule has 4 nitrogen and oxygen atoms in total. The van der Waals surface area contributed by atoms with Gasteiger partial charge in [0.1, 0.15) is 5.69 Å².